The zero-order valence-corrected chi connectivity index (χ0v) is 8.48. The summed E-state index contributed by atoms with van der Waals surface area (Å²) >= 11 is 0. The summed E-state index contributed by atoms with van der Waals surface area (Å²) in [6.45, 7) is 4.87. The molecule has 1 fully saturated rings. The highest BCUT2D eigenvalue weighted by Gasteiger charge is 2.22. The van der Waals surface area contributed by atoms with Crippen LogP contribution in [-0.2, 0) is 0 Å². The minimum atomic E-state index is 0.630. The van der Waals surface area contributed by atoms with Crippen LogP contribution in [0.2, 0.25) is 0 Å². The molecule has 4 heteroatoms. The fourth-order valence-corrected chi connectivity index (χ4v) is 1.85. The Hall–Kier alpha value is -1.16. The summed E-state index contributed by atoms with van der Waals surface area (Å²) in [6.07, 6.45) is 2.81. The molecular formula is C10H16N4. The zero-order valence-electron chi connectivity index (χ0n) is 8.48. The van der Waals surface area contributed by atoms with E-state index in [1.807, 2.05) is 13.0 Å². The Kier molecular flexibility index (Phi) is 2.63. The third kappa shape index (κ3) is 1.85. The fourth-order valence-electron chi connectivity index (χ4n) is 1.85. The first-order chi connectivity index (χ1) is 6.79. The second kappa shape index (κ2) is 3.92. The Morgan fingerprint density at radius 2 is 2.43 bits per heavy atom. The molecule has 1 unspecified atom stereocenters. The van der Waals surface area contributed by atoms with Crippen molar-refractivity contribution in [1.29, 1.82) is 0 Å². The Bertz CT molecular complexity index is 313. The monoisotopic (exact) mass is 192 g/mol. The average Bonchev–Trinajstić information content (AvgIpc) is 2.66. The summed E-state index contributed by atoms with van der Waals surface area (Å²) in [5, 5.41) is 0. The lowest BCUT2D eigenvalue weighted by molar-refractivity contribution is 0.602. The normalized spacial score (nSPS) is 21.6. The molecule has 0 aliphatic carbocycles. The molecule has 0 amide bonds. The van der Waals surface area contributed by atoms with Crippen LogP contribution in [0.3, 0.4) is 0 Å². The number of hydrogen-bond acceptors (Lipinski definition) is 4. The highest BCUT2D eigenvalue weighted by Crippen LogP contribution is 2.20. The highest BCUT2D eigenvalue weighted by molar-refractivity contribution is 5.39. The largest absolute Gasteiger partial charge is 0.356 e. The molecule has 76 valence electrons. The third-order valence-corrected chi connectivity index (χ3v) is 2.73. The smallest absolute Gasteiger partial charge is 0.132 e. The molecule has 4 nitrogen and oxygen atoms in total. The fraction of sp³-hybridized carbons (Fsp3) is 0.600. The molecule has 2 N–H and O–H groups in total. The Labute approximate surface area is 84.2 Å². The first kappa shape index (κ1) is 9.40. The van der Waals surface area contributed by atoms with Gasteiger partial charge in [0.15, 0.2) is 0 Å². The Morgan fingerprint density at radius 1 is 1.57 bits per heavy atom. The van der Waals surface area contributed by atoms with Crippen LogP contribution < -0.4 is 10.6 Å². The van der Waals surface area contributed by atoms with E-state index in [9.17, 15) is 0 Å². The molecule has 0 radical (unpaired) electrons. The molecule has 0 spiro atoms. The van der Waals surface area contributed by atoms with Gasteiger partial charge in [0.25, 0.3) is 0 Å². The van der Waals surface area contributed by atoms with Crippen molar-refractivity contribution in [2.45, 2.75) is 13.3 Å². The number of nitrogens with zero attached hydrogens (tertiary/aromatic N) is 3. The summed E-state index contributed by atoms with van der Waals surface area (Å²) in [6, 6.07) is 2.03. The molecule has 1 aromatic heterocycles. The molecule has 1 aromatic rings. The first-order valence-electron chi connectivity index (χ1n) is 5.03. The Morgan fingerprint density at radius 3 is 3.07 bits per heavy atom. The van der Waals surface area contributed by atoms with Crippen molar-refractivity contribution in [1.82, 2.24) is 9.97 Å². The second-order valence-corrected chi connectivity index (χ2v) is 3.85. The van der Waals surface area contributed by atoms with Crippen molar-refractivity contribution in [3.05, 3.63) is 18.1 Å². The summed E-state index contributed by atoms with van der Waals surface area (Å²) < 4.78 is 0. The molecule has 0 bridgehead atoms. The lowest BCUT2D eigenvalue weighted by Gasteiger charge is -2.16. The van der Waals surface area contributed by atoms with Gasteiger partial charge in [-0.2, -0.15) is 0 Å². The number of anilines is 1. The van der Waals surface area contributed by atoms with E-state index in [1.165, 1.54) is 6.42 Å². The van der Waals surface area contributed by atoms with Crippen LogP contribution in [0, 0.1) is 12.8 Å². The zero-order chi connectivity index (χ0) is 9.97. The SMILES string of the molecule is Cc1cc(N2CCC(CN)C2)ncn1. The van der Waals surface area contributed by atoms with Crippen molar-refractivity contribution in [3.8, 4) is 0 Å². The highest BCUT2D eigenvalue weighted by atomic mass is 15.2. The van der Waals surface area contributed by atoms with Gasteiger partial charge in [0.05, 0.1) is 0 Å². The van der Waals surface area contributed by atoms with E-state index in [-0.39, 0.29) is 0 Å². The van der Waals surface area contributed by atoms with Crippen molar-refractivity contribution in [3.63, 3.8) is 0 Å². The lowest BCUT2D eigenvalue weighted by Crippen LogP contribution is -2.23. The summed E-state index contributed by atoms with van der Waals surface area (Å²) in [5.74, 6) is 1.67. The third-order valence-electron chi connectivity index (χ3n) is 2.73. The van der Waals surface area contributed by atoms with Gasteiger partial charge in [0.2, 0.25) is 0 Å². The molecule has 1 aliphatic heterocycles. The molecule has 0 saturated carbocycles. The van der Waals surface area contributed by atoms with Crippen LogP contribution in [0.1, 0.15) is 12.1 Å². The van der Waals surface area contributed by atoms with E-state index in [4.69, 9.17) is 5.73 Å². The van der Waals surface area contributed by atoms with Gasteiger partial charge in [-0.25, -0.2) is 9.97 Å². The molecule has 14 heavy (non-hydrogen) atoms. The average molecular weight is 192 g/mol. The summed E-state index contributed by atoms with van der Waals surface area (Å²) in [4.78, 5) is 10.6. The molecule has 1 saturated heterocycles. The van der Waals surface area contributed by atoms with Gasteiger partial charge in [-0.05, 0) is 25.8 Å². The van der Waals surface area contributed by atoms with Crippen LogP contribution in [0.4, 0.5) is 5.82 Å². The second-order valence-electron chi connectivity index (χ2n) is 3.85. The lowest BCUT2D eigenvalue weighted by atomic mass is 10.1. The van der Waals surface area contributed by atoms with Crippen molar-refractivity contribution in [2.24, 2.45) is 11.7 Å². The van der Waals surface area contributed by atoms with Crippen LogP contribution in [0.15, 0.2) is 12.4 Å². The van der Waals surface area contributed by atoms with Crippen molar-refractivity contribution < 1.29 is 0 Å². The van der Waals surface area contributed by atoms with Gasteiger partial charge in [-0.3, -0.25) is 0 Å². The maximum absolute atomic E-state index is 5.64. The first-order valence-corrected chi connectivity index (χ1v) is 5.03. The van der Waals surface area contributed by atoms with Gasteiger partial charge in [0, 0.05) is 24.8 Å². The van der Waals surface area contributed by atoms with E-state index in [1.54, 1.807) is 6.33 Å². The van der Waals surface area contributed by atoms with E-state index >= 15 is 0 Å². The number of rotatable bonds is 2. The van der Waals surface area contributed by atoms with Crippen LogP contribution in [-0.4, -0.2) is 29.6 Å². The number of aryl methyl sites for hydroxylation is 1. The minimum absolute atomic E-state index is 0.630. The standard InChI is InChI=1S/C10H16N4/c1-8-4-10(13-7-12-8)14-3-2-9(5-11)6-14/h4,7,9H,2-3,5-6,11H2,1H3. The van der Waals surface area contributed by atoms with E-state index in [0.717, 1.165) is 31.1 Å². The Balaban J connectivity index is 2.09. The van der Waals surface area contributed by atoms with Gasteiger partial charge in [-0.15, -0.1) is 0 Å². The van der Waals surface area contributed by atoms with Crippen LogP contribution in [0.5, 0.6) is 0 Å². The molecular weight excluding hydrogens is 176 g/mol. The van der Waals surface area contributed by atoms with Gasteiger partial charge < -0.3 is 10.6 Å². The van der Waals surface area contributed by atoms with E-state index in [0.29, 0.717) is 5.92 Å². The van der Waals surface area contributed by atoms with Crippen LogP contribution in [0.25, 0.3) is 0 Å². The van der Waals surface area contributed by atoms with E-state index in [2.05, 4.69) is 14.9 Å². The molecule has 1 aliphatic rings. The molecule has 2 rings (SSSR count). The van der Waals surface area contributed by atoms with Gasteiger partial charge >= 0.3 is 0 Å². The maximum Gasteiger partial charge on any atom is 0.132 e. The topological polar surface area (TPSA) is 55.0 Å². The number of nitrogens with two attached hydrogens (primary N) is 1. The van der Waals surface area contributed by atoms with Gasteiger partial charge in [0.1, 0.15) is 12.1 Å². The number of aromatic nitrogens is 2. The van der Waals surface area contributed by atoms with Crippen molar-refractivity contribution >= 4 is 5.82 Å². The predicted octanol–water partition coefficient (Wildman–Crippen LogP) is 0.570. The summed E-state index contributed by atoms with van der Waals surface area (Å²) in [7, 11) is 0. The number of hydrogen-bond donors (Lipinski definition) is 1. The summed E-state index contributed by atoms with van der Waals surface area (Å²) in [5.41, 5.74) is 6.66. The van der Waals surface area contributed by atoms with Crippen LogP contribution >= 0.6 is 0 Å². The molecule has 2 heterocycles. The minimum Gasteiger partial charge on any atom is -0.356 e. The quantitative estimate of drug-likeness (QED) is 0.744. The maximum atomic E-state index is 5.64. The predicted molar refractivity (Wildman–Crippen MR) is 56.1 cm³/mol. The molecule has 0 aromatic carbocycles. The van der Waals surface area contributed by atoms with E-state index < -0.39 is 0 Å². The van der Waals surface area contributed by atoms with Crippen molar-refractivity contribution in [2.75, 3.05) is 24.5 Å². The molecule has 1 atom stereocenters. The van der Waals surface area contributed by atoms with Gasteiger partial charge in [-0.1, -0.05) is 0 Å².